The van der Waals surface area contributed by atoms with Crippen LogP contribution in [0.3, 0.4) is 0 Å². The van der Waals surface area contributed by atoms with Crippen molar-refractivity contribution in [3.05, 3.63) is 41.1 Å². The van der Waals surface area contributed by atoms with E-state index in [0.29, 0.717) is 5.69 Å². The van der Waals surface area contributed by atoms with Crippen molar-refractivity contribution in [2.75, 3.05) is 0 Å². The molecule has 1 N–H and O–H groups in total. The van der Waals surface area contributed by atoms with Crippen LogP contribution in [0.4, 0.5) is 0 Å². The molecule has 1 heterocycles. The van der Waals surface area contributed by atoms with Gasteiger partial charge in [0.05, 0.1) is 11.2 Å². The Labute approximate surface area is 106 Å². The molecule has 0 aliphatic heterocycles. The summed E-state index contributed by atoms with van der Waals surface area (Å²) in [6.07, 6.45) is 0. The molecule has 3 nitrogen and oxygen atoms in total. The molecule has 0 bridgehead atoms. The van der Waals surface area contributed by atoms with Crippen molar-refractivity contribution in [1.82, 2.24) is 4.98 Å². The molecule has 1 aromatic carbocycles. The van der Waals surface area contributed by atoms with E-state index < -0.39 is 11.4 Å². The third kappa shape index (κ3) is 1.96. The number of nitrogens with zero attached hydrogens (tertiary/aromatic N) is 1. The second kappa shape index (κ2) is 4.09. The zero-order valence-electron chi connectivity index (χ0n) is 11.1. The number of fused-ring (bicyclic) bond motifs is 1. The number of aliphatic carboxylic acids is 1. The van der Waals surface area contributed by atoms with Crippen LogP contribution in [0, 0.1) is 13.8 Å². The van der Waals surface area contributed by atoms with Gasteiger partial charge in [0, 0.05) is 5.39 Å². The van der Waals surface area contributed by atoms with Crippen LogP contribution < -0.4 is 0 Å². The van der Waals surface area contributed by atoms with Crippen LogP contribution in [-0.4, -0.2) is 16.1 Å². The number of hydrogen-bond donors (Lipinski definition) is 1. The molecule has 2 rings (SSSR count). The highest BCUT2D eigenvalue weighted by Gasteiger charge is 2.31. The van der Waals surface area contributed by atoms with E-state index in [9.17, 15) is 9.90 Å². The number of pyridine rings is 1. The number of carbonyl (C=O) groups is 1. The van der Waals surface area contributed by atoms with Crippen molar-refractivity contribution in [1.29, 1.82) is 0 Å². The molecule has 2 aromatic rings. The van der Waals surface area contributed by atoms with E-state index in [1.165, 1.54) is 0 Å². The number of aryl methyl sites for hydroxylation is 2. The highest BCUT2D eigenvalue weighted by molar-refractivity contribution is 5.85. The minimum Gasteiger partial charge on any atom is -0.481 e. The maximum atomic E-state index is 11.3. The van der Waals surface area contributed by atoms with E-state index in [4.69, 9.17) is 0 Å². The molecule has 0 unspecified atom stereocenters. The largest absolute Gasteiger partial charge is 0.481 e. The van der Waals surface area contributed by atoms with E-state index in [2.05, 4.69) is 11.1 Å². The van der Waals surface area contributed by atoms with Gasteiger partial charge in [0.25, 0.3) is 0 Å². The van der Waals surface area contributed by atoms with Gasteiger partial charge in [-0.15, -0.1) is 0 Å². The Hall–Kier alpha value is -1.90. The summed E-state index contributed by atoms with van der Waals surface area (Å²) in [5.41, 5.74) is 2.79. The lowest BCUT2D eigenvalue weighted by Crippen LogP contribution is -2.29. The number of benzene rings is 1. The number of carboxylic acids is 1. The maximum absolute atomic E-state index is 11.3. The van der Waals surface area contributed by atoms with Crippen LogP contribution in [0.1, 0.15) is 30.7 Å². The average Bonchev–Trinajstić information content (AvgIpc) is 2.27. The Bertz CT molecular complexity index is 630. The van der Waals surface area contributed by atoms with Gasteiger partial charge < -0.3 is 5.11 Å². The fourth-order valence-electron chi connectivity index (χ4n) is 2.05. The number of carboxylic acid groups (broad SMARTS) is 1. The summed E-state index contributed by atoms with van der Waals surface area (Å²) in [6, 6.07) is 7.85. The zero-order valence-corrected chi connectivity index (χ0v) is 11.1. The molecule has 94 valence electrons. The van der Waals surface area contributed by atoms with Crippen molar-refractivity contribution in [3.8, 4) is 0 Å². The van der Waals surface area contributed by atoms with E-state index in [1.807, 2.05) is 26.0 Å². The van der Waals surface area contributed by atoms with Crippen LogP contribution in [0.5, 0.6) is 0 Å². The topological polar surface area (TPSA) is 50.2 Å². The summed E-state index contributed by atoms with van der Waals surface area (Å²) >= 11 is 0. The SMILES string of the molecule is Cc1cc(C)c2ccc(C(C)(C)C(=O)O)nc2c1. The van der Waals surface area contributed by atoms with Gasteiger partial charge in [-0.2, -0.15) is 0 Å². The monoisotopic (exact) mass is 243 g/mol. The fraction of sp³-hybridized carbons (Fsp3) is 0.333. The first-order valence-electron chi connectivity index (χ1n) is 5.94. The molecule has 3 heteroatoms. The van der Waals surface area contributed by atoms with Gasteiger partial charge >= 0.3 is 5.97 Å². The summed E-state index contributed by atoms with van der Waals surface area (Å²) in [4.78, 5) is 15.8. The van der Waals surface area contributed by atoms with Gasteiger partial charge in [0.2, 0.25) is 0 Å². The smallest absolute Gasteiger partial charge is 0.315 e. The summed E-state index contributed by atoms with van der Waals surface area (Å²) in [5, 5.41) is 10.3. The standard InChI is InChI=1S/C15H17NO2/c1-9-7-10(2)11-5-6-13(16-12(11)8-9)15(3,4)14(17)18/h5-8H,1-4H3,(H,17,18). The molecule has 0 saturated heterocycles. The molecule has 18 heavy (non-hydrogen) atoms. The summed E-state index contributed by atoms with van der Waals surface area (Å²) in [7, 11) is 0. The Morgan fingerprint density at radius 2 is 1.89 bits per heavy atom. The predicted molar refractivity (Wildman–Crippen MR) is 71.9 cm³/mol. The zero-order chi connectivity index (χ0) is 13.5. The first-order chi connectivity index (χ1) is 8.32. The van der Waals surface area contributed by atoms with E-state index in [0.717, 1.165) is 22.0 Å². The van der Waals surface area contributed by atoms with Gasteiger partial charge in [-0.1, -0.05) is 12.1 Å². The lowest BCUT2D eigenvalue weighted by atomic mass is 9.88. The molecule has 0 aliphatic rings. The Morgan fingerprint density at radius 3 is 2.50 bits per heavy atom. The normalized spacial score (nSPS) is 11.8. The van der Waals surface area contributed by atoms with Crippen LogP contribution in [0.2, 0.25) is 0 Å². The maximum Gasteiger partial charge on any atom is 0.315 e. The molecule has 0 atom stereocenters. The van der Waals surface area contributed by atoms with Gasteiger partial charge in [-0.3, -0.25) is 9.78 Å². The molecule has 0 saturated carbocycles. The van der Waals surface area contributed by atoms with Crippen molar-refractivity contribution in [2.24, 2.45) is 0 Å². The average molecular weight is 243 g/mol. The minimum atomic E-state index is -0.966. The quantitative estimate of drug-likeness (QED) is 0.881. The van der Waals surface area contributed by atoms with Gasteiger partial charge in [0.15, 0.2) is 0 Å². The highest BCUT2D eigenvalue weighted by Crippen LogP contribution is 2.26. The van der Waals surface area contributed by atoms with E-state index >= 15 is 0 Å². The van der Waals surface area contributed by atoms with Gasteiger partial charge in [-0.05, 0) is 51.0 Å². The van der Waals surface area contributed by atoms with E-state index in [1.54, 1.807) is 19.9 Å². The van der Waals surface area contributed by atoms with Gasteiger partial charge in [-0.25, -0.2) is 0 Å². The third-order valence-electron chi connectivity index (χ3n) is 3.33. The highest BCUT2D eigenvalue weighted by atomic mass is 16.4. The predicted octanol–water partition coefficient (Wildman–Crippen LogP) is 3.21. The molecule has 0 amide bonds. The number of hydrogen-bond acceptors (Lipinski definition) is 2. The lowest BCUT2D eigenvalue weighted by molar-refractivity contribution is -0.142. The fourth-order valence-corrected chi connectivity index (χ4v) is 2.05. The molecular formula is C15H17NO2. The van der Waals surface area contributed by atoms with Crippen LogP contribution in [0.25, 0.3) is 10.9 Å². The first kappa shape index (κ1) is 12.6. The van der Waals surface area contributed by atoms with Crippen molar-refractivity contribution >= 4 is 16.9 Å². The molecular weight excluding hydrogens is 226 g/mol. The second-order valence-electron chi connectivity index (χ2n) is 5.28. The molecule has 0 spiro atoms. The van der Waals surface area contributed by atoms with E-state index in [-0.39, 0.29) is 0 Å². The number of rotatable bonds is 2. The molecule has 1 aromatic heterocycles. The van der Waals surface area contributed by atoms with Crippen LogP contribution in [-0.2, 0) is 10.2 Å². The van der Waals surface area contributed by atoms with Crippen molar-refractivity contribution < 1.29 is 9.90 Å². The van der Waals surface area contributed by atoms with Crippen molar-refractivity contribution in [2.45, 2.75) is 33.1 Å². The van der Waals surface area contributed by atoms with Crippen LogP contribution in [0.15, 0.2) is 24.3 Å². The van der Waals surface area contributed by atoms with Crippen LogP contribution >= 0.6 is 0 Å². The Kier molecular flexibility index (Phi) is 2.85. The second-order valence-corrected chi connectivity index (χ2v) is 5.28. The summed E-state index contributed by atoms with van der Waals surface area (Å²) in [6.45, 7) is 7.40. The first-order valence-corrected chi connectivity index (χ1v) is 5.94. The lowest BCUT2D eigenvalue weighted by Gasteiger charge is -2.19. The summed E-state index contributed by atoms with van der Waals surface area (Å²) in [5.74, 6) is -0.862. The third-order valence-corrected chi connectivity index (χ3v) is 3.33. The molecule has 0 aliphatic carbocycles. The molecule has 0 radical (unpaired) electrons. The summed E-state index contributed by atoms with van der Waals surface area (Å²) < 4.78 is 0. The number of aromatic nitrogens is 1. The Balaban J connectivity index is 2.68. The Morgan fingerprint density at radius 1 is 1.22 bits per heavy atom. The molecule has 0 fully saturated rings. The van der Waals surface area contributed by atoms with Gasteiger partial charge in [0.1, 0.15) is 5.41 Å². The van der Waals surface area contributed by atoms with Crippen molar-refractivity contribution in [3.63, 3.8) is 0 Å². The minimum absolute atomic E-state index is 0.590.